The molecule has 3 rings (SSSR count). The van der Waals surface area contributed by atoms with Crippen molar-refractivity contribution in [2.24, 2.45) is 0 Å². The van der Waals surface area contributed by atoms with Gasteiger partial charge in [0.2, 0.25) is 0 Å². The van der Waals surface area contributed by atoms with Crippen molar-refractivity contribution in [3.8, 4) is 10.9 Å². The second kappa shape index (κ2) is 5.38. The van der Waals surface area contributed by atoms with Crippen LogP contribution in [-0.2, 0) is 0 Å². The Labute approximate surface area is 123 Å². The monoisotopic (exact) mass is 307 g/mol. The molecule has 0 aliphatic rings. The lowest BCUT2D eigenvalue weighted by Gasteiger charge is -2.05. The van der Waals surface area contributed by atoms with Crippen molar-refractivity contribution in [2.45, 2.75) is 13.0 Å². The molecule has 108 valence electrons. The molecule has 1 N–H and O–H groups in total. The SMILES string of the molecule is CC(O)c1ccc(Oc2nc3c(F)cc(F)cc3s2)cc1. The molecule has 3 aromatic rings. The number of hydrogen-bond acceptors (Lipinski definition) is 4. The lowest BCUT2D eigenvalue weighted by molar-refractivity contribution is 0.199. The van der Waals surface area contributed by atoms with Crippen molar-refractivity contribution in [2.75, 3.05) is 0 Å². The first-order valence-corrected chi connectivity index (χ1v) is 7.06. The van der Waals surface area contributed by atoms with Crippen molar-refractivity contribution in [3.05, 3.63) is 53.6 Å². The minimum atomic E-state index is -0.708. The highest BCUT2D eigenvalue weighted by atomic mass is 32.1. The van der Waals surface area contributed by atoms with Crippen LogP contribution in [0.5, 0.6) is 10.9 Å². The maximum Gasteiger partial charge on any atom is 0.279 e. The molecule has 6 heteroatoms. The van der Waals surface area contributed by atoms with Gasteiger partial charge < -0.3 is 9.84 Å². The minimum absolute atomic E-state index is 0.0944. The van der Waals surface area contributed by atoms with Gasteiger partial charge in [-0.1, -0.05) is 23.5 Å². The number of aromatic nitrogens is 1. The lowest BCUT2D eigenvalue weighted by Crippen LogP contribution is -1.90. The zero-order valence-electron chi connectivity index (χ0n) is 11.0. The minimum Gasteiger partial charge on any atom is -0.431 e. The van der Waals surface area contributed by atoms with Gasteiger partial charge in [0.05, 0.1) is 10.8 Å². The van der Waals surface area contributed by atoms with Crippen molar-refractivity contribution >= 4 is 21.6 Å². The van der Waals surface area contributed by atoms with Crippen LogP contribution < -0.4 is 4.74 Å². The Hall–Kier alpha value is -2.05. The lowest BCUT2D eigenvalue weighted by atomic mass is 10.1. The van der Waals surface area contributed by atoms with Gasteiger partial charge in [-0.2, -0.15) is 4.98 Å². The fraction of sp³-hybridized carbons (Fsp3) is 0.133. The zero-order chi connectivity index (χ0) is 15.0. The Bertz CT molecular complexity index is 784. The predicted molar refractivity (Wildman–Crippen MR) is 76.7 cm³/mol. The molecule has 0 radical (unpaired) electrons. The first-order valence-electron chi connectivity index (χ1n) is 6.24. The summed E-state index contributed by atoms with van der Waals surface area (Å²) in [7, 11) is 0. The highest BCUT2D eigenvalue weighted by Gasteiger charge is 2.12. The third-order valence-electron chi connectivity index (χ3n) is 2.96. The third kappa shape index (κ3) is 2.86. The summed E-state index contributed by atoms with van der Waals surface area (Å²) < 4.78 is 32.6. The first kappa shape index (κ1) is 13.9. The topological polar surface area (TPSA) is 42.4 Å². The highest BCUT2D eigenvalue weighted by molar-refractivity contribution is 7.20. The molecule has 3 nitrogen and oxygen atoms in total. The second-order valence-corrected chi connectivity index (χ2v) is 5.55. The van der Waals surface area contributed by atoms with E-state index >= 15 is 0 Å². The zero-order valence-corrected chi connectivity index (χ0v) is 11.8. The predicted octanol–water partition coefficient (Wildman–Crippen LogP) is 4.42. The van der Waals surface area contributed by atoms with Crippen LogP contribution in [0, 0.1) is 11.6 Å². The van der Waals surface area contributed by atoms with Gasteiger partial charge in [-0.3, -0.25) is 0 Å². The summed E-state index contributed by atoms with van der Waals surface area (Å²) in [5, 5.41) is 9.66. The standard InChI is InChI=1S/C15H11F2NO2S/c1-8(19)9-2-4-11(5-3-9)20-15-18-14-12(17)6-10(16)7-13(14)21-15/h2-8,19H,1H3. The number of aliphatic hydroxyl groups excluding tert-OH is 1. The second-order valence-electron chi connectivity index (χ2n) is 4.56. The maximum absolute atomic E-state index is 13.6. The Morgan fingerprint density at radius 2 is 1.90 bits per heavy atom. The molecule has 1 unspecified atom stereocenters. The Balaban J connectivity index is 1.89. The van der Waals surface area contributed by atoms with E-state index < -0.39 is 17.7 Å². The molecule has 21 heavy (non-hydrogen) atoms. The van der Waals surface area contributed by atoms with Crippen LogP contribution in [0.25, 0.3) is 10.2 Å². The Morgan fingerprint density at radius 1 is 1.19 bits per heavy atom. The fourth-order valence-corrected chi connectivity index (χ4v) is 2.77. The Morgan fingerprint density at radius 3 is 2.57 bits per heavy atom. The summed E-state index contributed by atoms with van der Waals surface area (Å²) in [6, 6.07) is 8.85. The average molecular weight is 307 g/mol. The van der Waals surface area contributed by atoms with Crippen LogP contribution in [0.1, 0.15) is 18.6 Å². The van der Waals surface area contributed by atoms with Gasteiger partial charge in [0.15, 0.2) is 5.82 Å². The average Bonchev–Trinajstić information content (AvgIpc) is 2.82. The number of halogens is 2. The van der Waals surface area contributed by atoms with Crippen molar-refractivity contribution in [1.29, 1.82) is 0 Å². The van der Waals surface area contributed by atoms with Crippen LogP contribution in [0.4, 0.5) is 8.78 Å². The number of benzene rings is 2. The summed E-state index contributed by atoms with van der Waals surface area (Å²) in [6.07, 6.45) is -0.557. The molecule has 2 aromatic carbocycles. The summed E-state index contributed by atoms with van der Waals surface area (Å²) in [5.74, 6) is -0.837. The molecule has 0 aliphatic heterocycles. The summed E-state index contributed by atoms with van der Waals surface area (Å²) in [4.78, 5) is 4.01. The van der Waals surface area contributed by atoms with Gasteiger partial charge in [0, 0.05) is 6.07 Å². The smallest absolute Gasteiger partial charge is 0.279 e. The number of aliphatic hydroxyl groups is 1. The normalized spacial score (nSPS) is 12.6. The van der Waals surface area contributed by atoms with E-state index in [2.05, 4.69) is 4.98 Å². The number of nitrogens with zero attached hydrogens (tertiary/aromatic N) is 1. The molecular formula is C15H11F2NO2S. The summed E-state index contributed by atoms with van der Waals surface area (Å²) in [6.45, 7) is 1.67. The number of hydrogen-bond donors (Lipinski definition) is 1. The molecule has 0 fully saturated rings. The van der Waals surface area contributed by atoms with Gasteiger partial charge in [0.25, 0.3) is 5.19 Å². The number of ether oxygens (including phenoxy) is 1. The molecule has 1 aromatic heterocycles. The van der Waals surface area contributed by atoms with Gasteiger partial charge in [-0.05, 0) is 30.7 Å². The highest BCUT2D eigenvalue weighted by Crippen LogP contribution is 2.33. The number of rotatable bonds is 3. The van der Waals surface area contributed by atoms with E-state index in [1.54, 1.807) is 31.2 Å². The van der Waals surface area contributed by atoms with Crippen LogP contribution in [-0.4, -0.2) is 10.1 Å². The van der Waals surface area contributed by atoms with Gasteiger partial charge in [-0.15, -0.1) is 0 Å². The molecule has 1 atom stereocenters. The van der Waals surface area contributed by atoms with Crippen LogP contribution in [0.2, 0.25) is 0 Å². The van der Waals surface area contributed by atoms with Crippen LogP contribution in [0.15, 0.2) is 36.4 Å². The van der Waals surface area contributed by atoms with E-state index in [9.17, 15) is 13.9 Å². The van der Waals surface area contributed by atoms with Gasteiger partial charge in [0.1, 0.15) is 17.1 Å². The fourth-order valence-electron chi connectivity index (χ4n) is 1.90. The molecule has 0 spiro atoms. The first-order chi connectivity index (χ1) is 10.0. The molecule has 0 bridgehead atoms. The van der Waals surface area contributed by atoms with E-state index in [0.717, 1.165) is 23.0 Å². The van der Waals surface area contributed by atoms with E-state index in [4.69, 9.17) is 4.74 Å². The van der Waals surface area contributed by atoms with Gasteiger partial charge in [-0.25, -0.2) is 8.78 Å². The number of thiazole rings is 1. The summed E-state index contributed by atoms with van der Waals surface area (Å²) >= 11 is 1.07. The molecule has 0 amide bonds. The van der Waals surface area contributed by atoms with Gasteiger partial charge >= 0.3 is 0 Å². The summed E-state index contributed by atoms with van der Waals surface area (Å²) in [5.41, 5.74) is 0.858. The van der Waals surface area contributed by atoms with Crippen molar-refractivity contribution < 1.29 is 18.6 Å². The number of fused-ring (bicyclic) bond motifs is 1. The van der Waals surface area contributed by atoms with Crippen LogP contribution >= 0.6 is 11.3 Å². The van der Waals surface area contributed by atoms with Crippen molar-refractivity contribution in [3.63, 3.8) is 0 Å². The van der Waals surface area contributed by atoms with E-state index in [-0.39, 0.29) is 10.7 Å². The van der Waals surface area contributed by atoms with E-state index in [1.807, 2.05) is 0 Å². The van der Waals surface area contributed by atoms with Crippen LogP contribution in [0.3, 0.4) is 0 Å². The molecular weight excluding hydrogens is 296 g/mol. The quantitative estimate of drug-likeness (QED) is 0.779. The Kier molecular flexibility index (Phi) is 3.57. The molecule has 1 heterocycles. The van der Waals surface area contributed by atoms with E-state index in [0.29, 0.717) is 10.4 Å². The largest absolute Gasteiger partial charge is 0.431 e. The molecule has 0 saturated carbocycles. The van der Waals surface area contributed by atoms with Crippen molar-refractivity contribution in [1.82, 2.24) is 4.98 Å². The molecule has 0 aliphatic carbocycles. The third-order valence-corrected chi connectivity index (χ3v) is 3.84. The molecule has 0 saturated heterocycles. The van der Waals surface area contributed by atoms with E-state index in [1.165, 1.54) is 6.07 Å². The maximum atomic E-state index is 13.6.